The van der Waals surface area contributed by atoms with Gasteiger partial charge in [-0.05, 0) is 61.1 Å². The molecule has 2 N–H and O–H groups in total. The summed E-state index contributed by atoms with van der Waals surface area (Å²) >= 11 is 0. The van der Waals surface area contributed by atoms with Crippen LogP contribution in [-0.4, -0.2) is 35.8 Å². The third-order valence-corrected chi connectivity index (χ3v) is 6.44. The zero-order valence-electron chi connectivity index (χ0n) is 18.5. The second kappa shape index (κ2) is 9.55. The molecule has 33 heavy (non-hydrogen) atoms. The van der Waals surface area contributed by atoms with Crippen LogP contribution in [0.2, 0.25) is 0 Å². The molecule has 176 valence electrons. The normalized spacial score (nSPS) is 21.5. The molecule has 8 heteroatoms. The SMILES string of the molecule is CC1CC1C(=O)Nc1ccc(C(=O)NC2CCN(Cc3cccc(C(F)(F)F)c3)CC2)cc1. The minimum Gasteiger partial charge on any atom is -0.349 e. The van der Waals surface area contributed by atoms with Crippen molar-refractivity contribution in [1.29, 1.82) is 0 Å². The lowest BCUT2D eigenvalue weighted by Crippen LogP contribution is -2.44. The third-order valence-electron chi connectivity index (χ3n) is 6.44. The molecule has 4 rings (SSSR count). The van der Waals surface area contributed by atoms with Gasteiger partial charge in [-0.1, -0.05) is 25.1 Å². The Labute approximate surface area is 191 Å². The monoisotopic (exact) mass is 459 g/mol. The Morgan fingerprint density at radius 1 is 1.06 bits per heavy atom. The van der Waals surface area contributed by atoms with Crippen LogP contribution in [0.3, 0.4) is 0 Å². The van der Waals surface area contributed by atoms with Crippen LogP contribution in [0.4, 0.5) is 18.9 Å². The van der Waals surface area contributed by atoms with Gasteiger partial charge in [0.05, 0.1) is 5.56 Å². The van der Waals surface area contributed by atoms with E-state index in [1.807, 2.05) is 6.92 Å². The van der Waals surface area contributed by atoms with Crippen LogP contribution in [0, 0.1) is 11.8 Å². The quantitative estimate of drug-likeness (QED) is 0.659. The molecule has 2 atom stereocenters. The highest BCUT2D eigenvalue weighted by molar-refractivity contribution is 5.97. The fraction of sp³-hybridized carbons (Fsp3) is 0.440. The number of halogens is 3. The van der Waals surface area contributed by atoms with Gasteiger partial charge in [0.15, 0.2) is 0 Å². The Morgan fingerprint density at radius 2 is 1.73 bits per heavy atom. The smallest absolute Gasteiger partial charge is 0.349 e. The molecule has 2 amide bonds. The average Bonchev–Trinajstić information content (AvgIpc) is 3.52. The lowest BCUT2D eigenvalue weighted by Gasteiger charge is -2.32. The van der Waals surface area contributed by atoms with Crippen molar-refractivity contribution < 1.29 is 22.8 Å². The van der Waals surface area contributed by atoms with Crippen molar-refractivity contribution in [3.8, 4) is 0 Å². The minimum absolute atomic E-state index is 0.0194. The number of piperidine rings is 1. The standard InChI is InChI=1S/C25H28F3N3O2/c1-16-13-22(16)24(33)30-20-7-5-18(6-8-20)23(32)29-21-9-11-31(12-10-21)15-17-3-2-4-19(14-17)25(26,27)28/h2-8,14,16,21-22H,9-13,15H2,1H3,(H,29,32)(H,30,33). The van der Waals surface area contributed by atoms with Gasteiger partial charge in [-0.2, -0.15) is 13.2 Å². The van der Waals surface area contributed by atoms with E-state index in [0.29, 0.717) is 42.4 Å². The van der Waals surface area contributed by atoms with Crippen LogP contribution >= 0.6 is 0 Å². The molecule has 1 saturated carbocycles. The fourth-order valence-corrected chi connectivity index (χ4v) is 4.24. The summed E-state index contributed by atoms with van der Waals surface area (Å²) in [5.41, 5.74) is 1.21. The molecular formula is C25H28F3N3O2. The van der Waals surface area contributed by atoms with E-state index in [0.717, 1.165) is 25.3 Å². The van der Waals surface area contributed by atoms with Crippen LogP contribution in [0.5, 0.6) is 0 Å². The summed E-state index contributed by atoms with van der Waals surface area (Å²) in [6.07, 6.45) is -1.95. The summed E-state index contributed by atoms with van der Waals surface area (Å²) in [5.74, 6) is 0.385. The molecule has 1 aliphatic carbocycles. The van der Waals surface area contributed by atoms with Gasteiger partial charge >= 0.3 is 6.18 Å². The number of benzene rings is 2. The fourth-order valence-electron chi connectivity index (χ4n) is 4.24. The van der Waals surface area contributed by atoms with Crippen LogP contribution in [0.25, 0.3) is 0 Å². The summed E-state index contributed by atoms with van der Waals surface area (Å²) in [6, 6.07) is 12.3. The van der Waals surface area contributed by atoms with Gasteiger partial charge in [0.2, 0.25) is 5.91 Å². The lowest BCUT2D eigenvalue weighted by atomic mass is 10.0. The van der Waals surface area contributed by atoms with Gasteiger partial charge in [0.1, 0.15) is 0 Å². The third kappa shape index (κ3) is 6.13. The Bertz CT molecular complexity index is 999. The number of nitrogens with zero attached hydrogens (tertiary/aromatic N) is 1. The van der Waals surface area contributed by atoms with Crippen LogP contribution < -0.4 is 10.6 Å². The predicted octanol–water partition coefficient (Wildman–Crippen LogP) is 4.69. The predicted molar refractivity (Wildman–Crippen MR) is 120 cm³/mol. The van der Waals surface area contributed by atoms with Crippen molar-refractivity contribution in [3.63, 3.8) is 0 Å². The van der Waals surface area contributed by atoms with Crippen molar-refractivity contribution in [2.24, 2.45) is 11.8 Å². The maximum Gasteiger partial charge on any atom is 0.416 e. The molecule has 1 heterocycles. The zero-order chi connectivity index (χ0) is 23.6. The van der Waals surface area contributed by atoms with Crippen molar-refractivity contribution in [1.82, 2.24) is 10.2 Å². The highest BCUT2D eigenvalue weighted by Gasteiger charge is 2.39. The van der Waals surface area contributed by atoms with E-state index >= 15 is 0 Å². The van der Waals surface area contributed by atoms with Gasteiger partial charge in [0.25, 0.3) is 5.91 Å². The number of likely N-dealkylation sites (tertiary alicyclic amines) is 1. The summed E-state index contributed by atoms with van der Waals surface area (Å²) in [4.78, 5) is 26.7. The first kappa shape index (κ1) is 23.3. The number of rotatable bonds is 6. The molecule has 0 radical (unpaired) electrons. The Morgan fingerprint density at radius 3 is 2.33 bits per heavy atom. The molecule has 5 nitrogen and oxygen atoms in total. The number of anilines is 1. The van der Waals surface area contributed by atoms with Gasteiger partial charge in [0, 0.05) is 42.8 Å². The maximum absolute atomic E-state index is 12.9. The average molecular weight is 460 g/mol. The van der Waals surface area contributed by atoms with E-state index in [-0.39, 0.29) is 23.8 Å². The Hall–Kier alpha value is -2.87. The number of hydrogen-bond donors (Lipinski definition) is 2. The van der Waals surface area contributed by atoms with Gasteiger partial charge in [-0.25, -0.2) is 0 Å². The molecule has 2 aliphatic rings. The first-order valence-electron chi connectivity index (χ1n) is 11.3. The molecule has 0 bridgehead atoms. The van der Waals surface area contributed by atoms with E-state index in [2.05, 4.69) is 15.5 Å². The number of alkyl halides is 3. The molecule has 2 aromatic rings. The maximum atomic E-state index is 12.9. The number of nitrogens with one attached hydrogen (secondary N) is 2. The molecule has 0 aromatic heterocycles. The van der Waals surface area contributed by atoms with Crippen LogP contribution in [-0.2, 0) is 17.5 Å². The van der Waals surface area contributed by atoms with Crippen molar-refractivity contribution in [3.05, 3.63) is 65.2 Å². The number of carbonyl (C=O) groups excluding carboxylic acids is 2. The minimum atomic E-state index is -4.34. The summed E-state index contributed by atoms with van der Waals surface area (Å²) in [5, 5.41) is 5.92. The first-order valence-corrected chi connectivity index (χ1v) is 11.3. The first-order chi connectivity index (χ1) is 15.7. The largest absolute Gasteiger partial charge is 0.416 e. The highest BCUT2D eigenvalue weighted by atomic mass is 19.4. The van der Waals surface area contributed by atoms with E-state index in [9.17, 15) is 22.8 Å². The van der Waals surface area contributed by atoms with Crippen molar-refractivity contribution in [2.45, 2.75) is 44.9 Å². The number of hydrogen-bond acceptors (Lipinski definition) is 3. The van der Waals surface area contributed by atoms with Crippen LogP contribution in [0.15, 0.2) is 48.5 Å². The second-order valence-electron chi connectivity index (χ2n) is 9.11. The Balaban J connectivity index is 1.23. The number of carbonyl (C=O) groups is 2. The van der Waals surface area contributed by atoms with E-state index in [4.69, 9.17) is 0 Å². The summed E-state index contributed by atoms with van der Waals surface area (Å²) in [7, 11) is 0. The van der Waals surface area contributed by atoms with Crippen molar-refractivity contribution >= 4 is 17.5 Å². The summed E-state index contributed by atoms with van der Waals surface area (Å²) in [6.45, 7) is 3.91. The summed E-state index contributed by atoms with van der Waals surface area (Å²) < 4.78 is 38.7. The van der Waals surface area contributed by atoms with Gasteiger partial charge < -0.3 is 10.6 Å². The van der Waals surface area contributed by atoms with Gasteiger partial charge in [-0.15, -0.1) is 0 Å². The van der Waals surface area contributed by atoms with E-state index in [1.54, 1.807) is 30.3 Å². The van der Waals surface area contributed by atoms with Crippen LogP contribution in [0.1, 0.15) is 47.7 Å². The number of amides is 2. The second-order valence-corrected chi connectivity index (χ2v) is 9.11. The van der Waals surface area contributed by atoms with E-state index in [1.165, 1.54) is 12.1 Å². The van der Waals surface area contributed by atoms with Crippen molar-refractivity contribution in [2.75, 3.05) is 18.4 Å². The van der Waals surface area contributed by atoms with Gasteiger partial charge in [-0.3, -0.25) is 14.5 Å². The molecule has 2 unspecified atom stereocenters. The zero-order valence-corrected chi connectivity index (χ0v) is 18.5. The molecule has 2 aromatic carbocycles. The Kier molecular flexibility index (Phi) is 6.74. The molecule has 0 spiro atoms. The molecular weight excluding hydrogens is 431 g/mol. The molecule has 2 fully saturated rings. The molecule has 1 aliphatic heterocycles. The lowest BCUT2D eigenvalue weighted by molar-refractivity contribution is -0.137. The highest BCUT2D eigenvalue weighted by Crippen LogP contribution is 2.38. The topological polar surface area (TPSA) is 61.4 Å². The van der Waals surface area contributed by atoms with E-state index < -0.39 is 11.7 Å². The molecule has 1 saturated heterocycles.